The van der Waals surface area contributed by atoms with Gasteiger partial charge >= 0.3 is 6.09 Å². The van der Waals surface area contributed by atoms with E-state index in [1.54, 1.807) is 0 Å². The largest absolute Gasteiger partial charge is 0.465 e. The molecule has 2 aliphatic rings. The van der Waals surface area contributed by atoms with E-state index < -0.39 is 30.6 Å². The van der Waals surface area contributed by atoms with Gasteiger partial charge in [-0.2, -0.15) is 0 Å². The Morgan fingerprint density at radius 2 is 2.09 bits per heavy atom. The molecule has 3 aromatic heterocycles. The fraction of sp³-hybridized carbons (Fsp3) is 0.571. The molecule has 0 bridgehead atoms. The van der Waals surface area contributed by atoms with E-state index in [9.17, 15) is 25.2 Å². The molecule has 2 aliphatic heterocycles. The van der Waals surface area contributed by atoms with Gasteiger partial charge in [0, 0.05) is 24.7 Å². The maximum absolute atomic E-state index is 11.5. The van der Waals surface area contributed by atoms with Crippen molar-refractivity contribution in [2.45, 2.75) is 69.4 Å². The molecule has 5 N–H and O–H groups in total. The highest BCUT2D eigenvalue weighted by Crippen LogP contribution is 2.40. The van der Waals surface area contributed by atoms with Gasteiger partial charge < -0.3 is 39.9 Å². The Morgan fingerprint density at radius 1 is 1.26 bits per heavy atom. The average molecular weight is 489 g/mol. The maximum atomic E-state index is 11.5. The Bertz CT molecular complexity index is 1200. The van der Waals surface area contributed by atoms with E-state index in [0.717, 1.165) is 0 Å². The number of nitrogens with zero attached hydrogens (tertiary/aromatic N) is 6. The van der Waals surface area contributed by atoms with Gasteiger partial charge in [0.15, 0.2) is 29.0 Å². The molecule has 0 radical (unpaired) electrons. The number of rotatable bonds is 6. The second kappa shape index (κ2) is 9.37. The van der Waals surface area contributed by atoms with Crippen molar-refractivity contribution in [3.8, 4) is 0 Å². The molecule has 0 aliphatic carbocycles. The third-order valence-electron chi connectivity index (χ3n) is 6.66. The van der Waals surface area contributed by atoms with Crippen molar-refractivity contribution in [2.75, 3.05) is 11.9 Å². The second-order valence-electron chi connectivity index (χ2n) is 8.76. The summed E-state index contributed by atoms with van der Waals surface area (Å²) in [6.45, 7) is 2.06. The van der Waals surface area contributed by atoms with Crippen molar-refractivity contribution in [3.63, 3.8) is 0 Å². The van der Waals surface area contributed by atoms with Crippen molar-refractivity contribution in [3.05, 3.63) is 30.2 Å². The first-order valence-electron chi connectivity index (χ1n) is 11.4. The zero-order valence-electron chi connectivity index (χ0n) is 18.9. The number of hydrogen-bond acceptors (Lipinski definition) is 11. The number of imidazole rings is 1. The number of anilines is 1. The molecule has 5 heterocycles. The molecule has 0 spiro atoms. The summed E-state index contributed by atoms with van der Waals surface area (Å²) < 4.78 is 12.6. The Morgan fingerprint density at radius 3 is 2.80 bits per heavy atom. The number of aliphatic hydroxyl groups excluding tert-OH is 3. The molecule has 14 heteroatoms. The molecule has 3 aromatic rings. The van der Waals surface area contributed by atoms with E-state index in [1.165, 1.54) is 28.2 Å². The predicted octanol–water partition coefficient (Wildman–Crippen LogP) is 0.631. The van der Waals surface area contributed by atoms with E-state index in [4.69, 9.17) is 9.26 Å². The SMILES string of the molecule is CCC1CC(Nc2ncnc3c2ncn3[C@@H]2O[C@H](c3cc(CO)no3)[C@@H](O)[C@H]2O)CCN1C(=O)O. The minimum Gasteiger partial charge on any atom is -0.465 e. The van der Waals surface area contributed by atoms with Gasteiger partial charge in [0.2, 0.25) is 0 Å². The number of fused-ring (bicyclic) bond motifs is 1. The van der Waals surface area contributed by atoms with E-state index in [2.05, 4.69) is 25.4 Å². The molecule has 188 valence electrons. The van der Waals surface area contributed by atoms with Crippen LogP contribution in [0.5, 0.6) is 0 Å². The highest BCUT2D eigenvalue weighted by molar-refractivity contribution is 5.82. The van der Waals surface area contributed by atoms with E-state index in [1.807, 2.05) is 6.92 Å². The molecule has 35 heavy (non-hydrogen) atoms. The number of aromatic nitrogens is 5. The first-order valence-corrected chi connectivity index (χ1v) is 11.4. The summed E-state index contributed by atoms with van der Waals surface area (Å²) in [6.07, 6.45) is -0.727. The molecule has 2 unspecified atom stereocenters. The third-order valence-corrected chi connectivity index (χ3v) is 6.66. The van der Waals surface area contributed by atoms with Gasteiger partial charge in [-0.1, -0.05) is 12.1 Å². The van der Waals surface area contributed by atoms with Crippen LogP contribution in [0.25, 0.3) is 11.2 Å². The predicted molar refractivity (Wildman–Crippen MR) is 118 cm³/mol. The molecule has 0 saturated carbocycles. The number of aliphatic hydroxyl groups is 3. The fourth-order valence-electron chi connectivity index (χ4n) is 4.82. The normalized spacial score (nSPS) is 29.1. The van der Waals surface area contributed by atoms with Crippen LogP contribution in [-0.2, 0) is 11.3 Å². The first-order chi connectivity index (χ1) is 16.9. The molecule has 6 atom stereocenters. The minimum absolute atomic E-state index is 0.00509. The highest BCUT2D eigenvalue weighted by Gasteiger charge is 2.47. The molecule has 14 nitrogen and oxygen atoms in total. The van der Waals surface area contributed by atoms with Gasteiger partial charge in [-0.15, -0.1) is 0 Å². The number of carbonyl (C=O) groups is 1. The molecular formula is C21H27N7O7. The quantitative estimate of drug-likeness (QED) is 0.325. The highest BCUT2D eigenvalue weighted by atomic mass is 16.6. The zero-order chi connectivity index (χ0) is 24.7. The number of carboxylic acid groups (broad SMARTS) is 1. The van der Waals surface area contributed by atoms with Crippen LogP contribution < -0.4 is 5.32 Å². The summed E-state index contributed by atoms with van der Waals surface area (Å²) in [6, 6.07) is 1.38. The minimum atomic E-state index is -1.31. The van der Waals surface area contributed by atoms with Gasteiger partial charge in [0.25, 0.3) is 0 Å². The second-order valence-corrected chi connectivity index (χ2v) is 8.76. The summed E-state index contributed by atoms with van der Waals surface area (Å²) in [5.74, 6) is 0.674. The number of amides is 1. The average Bonchev–Trinajstić information content (AvgIpc) is 3.57. The maximum Gasteiger partial charge on any atom is 0.407 e. The monoisotopic (exact) mass is 489 g/mol. The molecule has 1 amide bonds. The van der Waals surface area contributed by atoms with E-state index >= 15 is 0 Å². The van der Waals surface area contributed by atoms with E-state index in [-0.39, 0.29) is 30.1 Å². The Labute approximate surface area is 199 Å². The Balaban J connectivity index is 1.37. The van der Waals surface area contributed by atoms with Crippen LogP contribution in [0.15, 0.2) is 23.2 Å². The van der Waals surface area contributed by atoms with Gasteiger partial charge in [-0.25, -0.2) is 19.7 Å². The number of piperidine rings is 1. The van der Waals surface area contributed by atoms with Crippen molar-refractivity contribution in [1.82, 2.24) is 29.6 Å². The van der Waals surface area contributed by atoms with Gasteiger partial charge in [-0.05, 0) is 19.3 Å². The van der Waals surface area contributed by atoms with Crippen LogP contribution in [0.3, 0.4) is 0 Å². The van der Waals surface area contributed by atoms with Crippen molar-refractivity contribution in [1.29, 1.82) is 0 Å². The van der Waals surface area contributed by atoms with Crippen LogP contribution in [0.4, 0.5) is 10.6 Å². The van der Waals surface area contributed by atoms with Crippen LogP contribution in [0.1, 0.15) is 50.0 Å². The molecule has 2 saturated heterocycles. The first kappa shape index (κ1) is 23.4. The van der Waals surface area contributed by atoms with E-state index in [0.29, 0.717) is 42.8 Å². The van der Waals surface area contributed by atoms with Crippen molar-refractivity contribution >= 4 is 23.1 Å². The number of likely N-dealkylation sites (tertiary alicyclic amines) is 1. The molecule has 0 aromatic carbocycles. The van der Waals surface area contributed by atoms with Crippen molar-refractivity contribution < 1.29 is 34.5 Å². The lowest BCUT2D eigenvalue weighted by atomic mass is 9.95. The molecule has 5 rings (SSSR count). The number of ether oxygens (including phenoxy) is 1. The van der Waals surface area contributed by atoms with Gasteiger partial charge in [-0.3, -0.25) is 4.57 Å². The van der Waals surface area contributed by atoms with Crippen LogP contribution in [0, 0.1) is 0 Å². The smallest absolute Gasteiger partial charge is 0.407 e. The summed E-state index contributed by atoms with van der Waals surface area (Å²) in [5, 5.41) is 46.9. The Hall–Kier alpha value is -3.33. The van der Waals surface area contributed by atoms with Crippen LogP contribution in [-0.4, -0.2) is 86.9 Å². The van der Waals surface area contributed by atoms with Crippen LogP contribution >= 0.6 is 0 Å². The standard InChI is InChI=1S/C21H27N7O7/c1-2-12-5-10(3-4-27(12)21(32)33)25-18-14-19(23-8-22-18)28(9-24-14)20-16(31)15(30)17(34-20)13-6-11(7-29)26-35-13/h6,8-10,12,15-17,20,29-31H,2-5,7H2,1H3,(H,32,33)(H,22,23,25)/t10?,12?,15-,16+,17+,20+/m0/s1. The summed E-state index contributed by atoms with van der Waals surface area (Å²) >= 11 is 0. The lowest BCUT2D eigenvalue weighted by Gasteiger charge is -2.37. The third kappa shape index (κ3) is 4.18. The lowest BCUT2D eigenvalue weighted by Crippen LogP contribution is -2.48. The number of nitrogens with one attached hydrogen (secondary N) is 1. The van der Waals surface area contributed by atoms with Gasteiger partial charge in [0.1, 0.15) is 30.3 Å². The molecule has 2 fully saturated rings. The number of hydrogen-bond donors (Lipinski definition) is 5. The summed E-state index contributed by atoms with van der Waals surface area (Å²) in [7, 11) is 0. The lowest BCUT2D eigenvalue weighted by molar-refractivity contribution is -0.0434. The Kier molecular flexibility index (Phi) is 6.27. The van der Waals surface area contributed by atoms with Crippen LogP contribution in [0.2, 0.25) is 0 Å². The summed E-state index contributed by atoms with van der Waals surface area (Å²) in [4.78, 5) is 26.0. The summed E-state index contributed by atoms with van der Waals surface area (Å²) in [5.41, 5.74) is 1.13. The topological polar surface area (TPSA) is 192 Å². The van der Waals surface area contributed by atoms with Crippen molar-refractivity contribution in [2.24, 2.45) is 0 Å². The fourth-order valence-corrected chi connectivity index (χ4v) is 4.82. The zero-order valence-corrected chi connectivity index (χ0v) is 18.9. The van der Waals surface area contributed by atoms with Gasteiger partial charge in [0.05, 0.1) is 12.9 Å². The molecular weight excluding hydrogens is 462 g/mol.